The molecule has 13 rings (SSSR count). The normalized spacial score (nSPS) is 11.5. The van der Waals surface area contributed by atoms with Gasteiger partial charge in [0.25, 0.3) is 0 Å². The molecule has 0 aliphatic heterocycles. The topological polar surface area (TPSA) is 22.9 Å². The summed E-state index contributed by atoms with van der Waals surface area (Å²) >= 11 is 1.85. The predicted octanol–water partition coefficient (Wildman–Crippen LogP) is 19.2. The van der Waals surface area contributed by atoms with Gasteiger partial charge in [0.1, 0.15) is 11.2 Å². The molecule has 0 fully saturated rings. The molecule has 11 aromatic carbocycles. The highest BCUT2D eigenvalue weighted by molar-refractivity contribution is 7.26. The molecule has 0 saturated carbocycles. The van der Waals surface area contributed by atoms with Crippen LogP contribution in [0.5, 0.6) is 0 Å². The number of nitrogens with zero attached hydrogens (tertiary/aromatic N) is 3. The fourth-order valence-corrected chi connectivity index (χ4v) is 11.3. The van der Waals surface area contributed by atoms with E-state index in [0.717, 1.165) is 95.0 Å². The largest absolute Gasteiger partial charge is 0.455 e. The molecule has 326 valence electrons. The Balaban J connectivity index is 1.07. The Morgan fingerprint density at radius 2 is 0.768 bits per heavy atom. The Morgan fingerprint density at radius 3 is 1.38 bits per heavy atom. The maximum Gasteiger partial charge on any atom is 0.143 e. The van der Waals surface area contributed by atoms with Crippen LogP contribution in [-0.2, 0) is 0 Å². The second kappa shape index (κ2) is 17.1. The van der Waals surface area contributed by atoms with Crippen LogP contribution in [0.25, 0.3) is 64.0 Å². The summed E-state index contributed by atoms with van der Waals surface area (Å²) in [6.45, 7) is 0. The summed E-state index contributed by atoms with van der Waals surface area (Å²) in [5, 5.41) is 6.87. The molecule has 5 heteroatoms. The molecule has 0 amide bonds. The fraction of sp³-hybridized carbons (Fsp3) is 0. The monoisotopic (exact) mass is 901 g/mol. The first kappa shape index (κ1) is 40.4. The van der Waals surface area contributed by atoms with E-state index in [4.69, 9.17) is 4.42 Å². The van der Waals surface area contributed by atoms with Crippen LogP contribution in [0.3, 0.4) is 0 Å². The molecule has 0 atom stereocenters. The van der Waals surface area contributed by atoms with E-state index < -0.39 is 0 Å². The maximum atomic E-state index is 7.16. The number of hydrogen-bond donors (Lipinski definition) is 0. The Morgan fingerprint density at radius 1 is 0.275 bits per heavy atom. The van der Waals surface area contributed by atoms with Crippen molar-refractivity contribution < 1.29 is 4.42 Å². The van der Waals surface area contributed by atoms with E-state index >= 15 is 0 Å². The molecule has 0 aliphatic rings. The van der Waals surface area contributed by atoms with Crippen LogP contribution in [0.1, 0.15) is 0 Å². The summed E-state index contributed by atoms with van der Waals surface area (Å²) in [4.78, 5) is 7.11. The van der Waals surface area contributed by atoms with E-state index in [1.54, 1.807) is 0 Å². The summed E-state index contributed by atoms with van der Waals surface area (Å²) in [6, 6.07) is 93.3. The molecular formula is C64H43N3OS. The van der Waals surface area contributed by atoms with Gasteiger partial charge in [-0.3, -0.25) is 0 Å². The summed E-state index contributed by atoms with van der Waals surface area (Å²) in [5.41, 5.74) is 13.5. The highest BCUT2D eigenvalue weighted by Crippen LogP contribution is 2.50. The first-order valence-electron chi connectivity index (χ1n) is 23.3. The SMILES string of the molecule is c1ccc(N(c2ccccc2)c2cc(-c3ccc(N(c4ccccc4)c4ccccc4)c4ccccc34)c3oc4ccc(N(c5ccccc5)c5cccc6c5sc5ccccc56)cc4c3c2)cc1. The van der Waals surface area contributed by atoms with E-state index in [0.29, 0.717) is 0 Å². The van der Waals surface area contributed by atoms with Gasteiger partial charge in [0.2, 0.25) is 0 Å². The summed E-state index contributed by atoms with van der Waals surface area (Å²) in [6.07, 6.45) is 0. The van der Waals surface area contributed by atoms with E-state index in [2.05, 4.69) is 276 Å². The quantitative estimate of drug-likeness (QED) is 0.136. The van der Waals surface area contributed by atoms with Gasteiger partial charge in [-0.05, 0) is 120 Å². The Bertz CT molecular complexity index is 3890. The highest BCUT2D eigenvalue weighted by atomic mass is 32.1. The molecule has 13 aromatic rings. The zero-order chi connectivity index (χ0) is 45.7. The standard InChI is InChI=1S/C64H43N3OS/c1-6-21-44(22-7-1)65(45-23-8-2-9-24-45)50-42-57(52-38-39-59(53-32-17-16-31-51(52)53)66(46-25-10-3-11-26-46)47-27-12-4-13-28-47)63-58(43-50)56-41-49(37-40-61(56)68-63)67(48-29-14-5-15-30-48)60-35-20-34-55-54-33-18-19-36-62(54)69-64(55)60/h1-43H. The van der Waals surface area contributed by atoms with Crippen LogP contribution in [0.15, 0.2) is 265 Å². The lowest BCUT2D eigenvalue weighted by Gasteiger charge is -2.28. The Labute approximate surface area is 404 Å². The number of para-hydroxylation sites is 5. The van der Waals surface area contributed by atoms with Crippen molar-refractivity contribution in [1.82, 2.24) is 0 Å². The van der Waals surface area contributed by atoms with Gasteiger partial charge in [0.05, 0.1) is 16.1 Å². The van der Waals surface area contributed by atoms with Gasteiger partial charge in [-0.15, -0.1) is 11.3 Å². The lowest BCUT2D eigenvalue weighted by Crippen LogP contribution is -2.10. The number of benzene rings is 11. The molecule has 69 heavy (non-hydrogen) atoms. The van der Waals surface area contributed by atoms with Crippen molar-refractivity contribution >= 4 is 115 Å². The molecule has 2 heterocycles. The van der Waals surface area contributed by atoms with E-state index in [9.17, 15) is 0 Å². The van der Waals surface area contributed by atoms with Crippen LogP contribution >= 0.6 is 11.3 Å². The smallest absolute Gasteiger partial charge is 0.143 e. The highest BCUT2D eigenvalue weighted by Gasteiger charge is 2.25. The van der Waals surface area contributed by atoms with Crippen molar-refractivity contribution in [2.75, 3.05) is 14.7 Å². The van der Waals surface area contributed by atoms with Crippen molar-refractivity contribution in [2.45, 2.75) is 0 Å². The molecule has 0 spiro atoms. The number of thiophene rings is 1. The minimum Gasteiger partial charge on any atom is -0.455 e. The molecule has 0 N–H and O–H groups in total. The van der Waals surface area contributed by atoms with E-state index in [1.165, 1.54) is 20.2 Å². The lowest BCUT2D eigenvalue weighted by atomic mass is 9.94. The third-order valence-electron chi connectivity index (χ3n) is 13.2. The molecule has 0 aliphatic carbocycles. The third-order valence-corrected chi connectivity index (χ3v) is 14.4. The molecule has 2 aromatic heterocycles. The van der Waals surface area contributed by atoms with Gasteiger partial charge in [-0.25, -0.2) is 0 Å². The van der Waals surface area contributed by atoms with Crippen molar-refractivity contribution in [3.63, 3.8) is 0 Å². The van der Waals surface area contributed by atoms with Crippen LogP contribution < -0.4 is 14.7 Å². The Hall–Kier alpha value is -8.90. The second-order valence-electron chi connectivity index (χ2n) is 17.3. The zero-order valence-electron chi connectivity index (χ0n) is 37.5. The van der Waals surface area contributed by atoms with Crippen molar-refractivity contribution in [2.24, 2.45) is 0 Å². The van der Waals surface area contributed by atoms with Gasteiger partial charge < -0.3 is 19.1 Å². The minimum atomic E-state index is 0.825. The number of rotatable bonds is 10. The van der Waals surface area contributed by atoms with Crippen LogP contribution in [0.2, 0.25) is 0 Å². The predicted molar refractivity (Wildman–Crippen MR) is 294 cm³/mol. The van der Waals surface area contributed by atoms with Gasteiger partial charge in [-0.1, -0.05) is 152 Å². The molecule has 0 bridgehead atoms. The van der Waals surface area contributed by atoms with E-state index in [-0.39, 0.29) is 0 Å². The van der Waals surface area contributed by atoms with Crippen molar-refractivity contribution in [3.8, 4) is 11.1 Å². The summed E-state index contributed by atoms with van der Waals surface area (Å²) in [7, 11) is 0. The first-order valence-corrected chi connectivity index (χ1v) is 24.2. The molecule has 0 saturated heterocycles. The molecular weight excluding hydrogens is 859 g/mol. The number of anilines is 9. The Kier molecular flexibility index (Phi) is 9.99. The molecule has 0 unspecified atom stereocenters. The van der Waals surface area contributed by atoms with Crippen molar-refractivity contribution in [1.29, 1.82) is 0 Å². The van der Waals surface area contributed by atoms with Crippen LogP contribution in [0.4, 0.5) is 51.2 Å². The average Bonchev–Trinajstić information content (AvgIpc) is 3.99. The number of furan rings is 1. The van der Waals surface area contributed by atoms with Crippen molar-refractivity contribution in [3.05, 3.63) is 261 Å². The average molecular weight is 902 g/mol. The lowest BCUT2D eigenvalue weighted by molar-refractivity contribution is 0.670. The second-order valence-corrected chi connectivity index (χ2v) is 18.3. The van der Waals surface area contributed by atoms with Gasteiger partial charge in [-0.2, -0.15) is 0 Å². The zero-order valence-corrected chi connectivity index (χ0v) is 38.3. The van der Waals surface area contributed by atoms with Gasteiger partial charge in [0, 0.05) is 77.0 Å². The third kappa shape index (κ3) is 7.07. The maximum absolute atomic E-state index is 7.16. The number of fused-ring (bicyclic) bond motifs is 7. The number of hydrogen-bond acceptors (Lipinski definition) is 5. The summed E-state index contributed by atoms with van der Waals surface area (Å²) < 4.78 is 9.69. The minimum absolute atomic E-state index is 0.825. The summed E-state index contributed by atoms with van der Waals surface area (Å²) in [5.74, 6) is 0. The first-order chi connectivity index (χ1) is 34.2. The van der Waals surface area contributed by atoms with E-state index in [1.807, 2.05) is 11.3 Å². The molecule has 4 nitrogen and oxygen atoms in total. The van der Waals surface area contributed by atoms with Crippen LogP contribution in [0, 0.1) is 0 Å². The van der Waals surface area contributed by atoms with Crippen LogP contribution in [-0.4, -0.2) is 0 Å². The van der Waals surface area contributed by atoms with Gasteiger partial charge >= 0.3 is 0 Å². The fourth-order valence-electron chi connectivity index (χ4n) is 10.1. The van der Waals surface area contributed by atoms with Gasteiger partial charge in [0.15, 0.2) is 0 Å². The molecule has 0 radical (unpaired) electrons.